The third-order valence-corrected chi connectivity index (χ3v) is 5.81. The lowest BCUT2D eigenvalue weighted by Gasteiger charge is -2.32. The van der Waals surface area contributed by atoms with Crippen LogP contribution in [-0.4, -0.2) is 11.5 Å². The summed E-state index contributed by atoms with van der Waals surface area (Å²) in [5.41, 5.74) is 0. The summed E-state index contributed by atoms with van der Waals surface area (Å²) in [5.74, 6) is 1.43. The van der Waals surface area contributed by atoms with Gasteiger partial charge in [0.05, 0.1) is 12.2 Å². The van der Waals surface area contributed by atoms with Crippen molar-refractivity contribution in [2.24, 2.45) is 11.8 Å². The largest absolute Gasteiger partial charge is 0.482 e. The highest BCUT2D eigenvalue weighted by Crippen LogP contribution is 2.40. The molecule has 0 unspecified atom stereocenters. The fraction of sp³-hybridized carbons (Fsp3) is 0.391. The standard InChI is InChI=1S/C23H25NO4/c25-24(26)16-21(18-8-2-1-3-9-18)23(22-11-6-14-27-22)28-20-13-12-17-7-4-5-10-19(17)15-20/h4-7,10-15,18,21,23H,1-3,8-9,16H2/t21-,23-/m1/s1. The van der Waals surface area contributed by atoms with Gasteiger partial charge in [-0.3, -0.25) is 10.1 Å². The van der Waals surface area contributed by atoms with E-state index in [0.717, 1.165) is 36.5 Å². The summed E-state index contributed by atoms with van der Waals surface area (Å²) in [6, 6.07) is 17.7. The molecule has 1 aromatic heterocycles. The highest BCUT2D eigenvalue weighted by atomic mass is 16.6. The molecule has 28 heavy (non-hydrogen) atoms. The Morgan fingerprint density at radius 1 is 1.04 bits per heavy atom. The molecule has 4 rings (SSSR count). The van der Waals surface area contributed by atoms with Gasteiger partial charge in [0.2, 0.25) is 6.54 Å². The zero-order valence-electron chi connectivity index (χ0n) is 15.8. The molecule has 0 spiro atoms. The second-order valence-corrected chi connectivity index (χ2v) is 7.64. The third-order valence-electron chi connectivity index (χ3n) is 5.81. The van der Waals surface area contributed by atoms with Crippen molar-refractivity contribution in [1.29, 1.82) is 0 Å². The molecule has 2 atom stereocenters. The maximum absolute atomic E-state index is 11.5. The fourth-order valence-corrected chi connectivity index (χ4v) is 4.42. The van der Waals surface area contributed by atoms with Crippen molar-refractivity contribution in [3.8, 4) is 5.75 Å². The average Bonchev–Trinajstić information content (AvgIpc) is 3.25. The molecule has 0 N–H and O–H groups in total. The van der Waals surface area contributed by atoms with Gasteiger partial charge in [0.1, 0.15) is 11.5 Å². The second-order valence-electron chi connectivity index (χ2n) is 7.64. The molecule has 5 heteroatoms. The summed E-state index contributed by atoms with van der Waals surface area (Å²) >= 11 is 0. The van der Waals surface area contributed by atoms with E-state index < -0.39 is 6.10 Å². The van der Waals surface area contributed by atoms with Crippen LogP contribution in [0.4, 0.5) is 0 Å². The van der Waals surface area contributed by atoms with Gasteiger partial charge in [-0.25, -0.2) is 0 Å². The number of furan rings is 1. The highest BCUT2D eigenvalue weighted by molar-refractivity contribution is 5.83. The molecule has 1 fully saturated rings. The SMILES string of the molecule is O=[N+]([O-])C[C@H](C1CCCCC1)[C@@H](Oc1ccc2ccccc2c1)c1ccco1. The lowest BCUT2D eigenvalue weighted by molar-refractivity contribution is -0.493. The number of nitrogens with zero attached hydrogens (tertiary/aromatic N) is 1. The Kier molecular flexibility index (Phi) is 5.60. The number of nitro groups is 1. The predicted molar refractivity (Wildman–Crippen MR) is 108 cm³/mol. The molecule has 3 aromatic rings. The molecule has 0 bridgehead atoms. The maximum atomic E-state index is 11.5. The van der Waals surface area contributed by atoms with E-state index in [0.29, 0.717) is 11.5 Å². The average molecular weight is 379 g/mol. The van der Waals surface area contributed by atoms with Crippen LogP contribution in [0.15, 0.2) is 65.3 Å². The topological polar surface area (TPSA) is 65.5 Å². The lowest BCUT2D eigenvalue weighted by Crippen LogP contribution is -2.33. The van der Waals surface area contributed by atoms with Crippen LogP contribution in [0.2, 0.25) is 0 Å². The van der Waals surface area contributed by atoms with Crippen molar-refractivity contribution in [2.45, 2.75) is 38.2 Å². The van der Waals surface area contributed by atoms with Crippen molar-refractivity contribution in [1.82, 2.24) is 0 Å². The molecule has 0 radical (unpaired) electrons. The highest BCUT2D eigenvalue weighted by Gasteiger charge is 2.38. The first-order valence-corrected chi connectivity index (χ1v) is 10.0. The van der Waals surface area contributed by atoms with Gasteiger partial charge in [-0.1, -0.05) is 49.6 Å². The molecule has 1 aliphatic carbocycles. The summed E-state index contributed by atoms with van der Waals surface area (Å²) in [6.45, 7) is -0.108. The van der Waals surface area contributed by atoms with Gasteiger partial charge in [0.25, 0.3) is 0 Å². The summed E-state index contributed by atoms with van der Waals surface area (Å²) in [7, 11) is 0. The molecular formula is C23H25NO4. The van der Waals surface area contributed by atoms with Crippen molar-refractivity contribution in [3.05, 3.63) is 76.7 Å². The first-order chi connectivity index (χ1) is 13.7. The Morgan fingerprint density at radius 3 is 2.54 bits per heavy atom. The molecule has 2 aromatic carbocycles. The van der Waals surface area contributed by atoms with Crippen LogP contribution in [0.1, 0.15) is 44.0 Å². The molecule has 1 heterocycles. The first-order valence-electron chi connectivity index (χ1n) is 10.0. The third kappa shape index (κ3) is 4.19. The molecule has 0 amide bonds. The number of benzene rings is 2. The van der Waals surface area contributed by atoms with E-state index in [1.54, 1.807) is 6.26 Å². The number of hydrogen-bond donors (Lipinski definition) is 0. The van der Waals surface area contributed by atoms with Gasteiger partial charge in [-0.05, 0) is 53.8 Å². The lowest BCUT2D eigenvalue weighted by atomic mass is 9.77. The van der Waals surface area contributed by atoms with Crippen LogP contribution in [0.25, 0.3) is 10.8 Å². The minimum absolute atomic E-state index is 0.108. The molecule has 1 aliphatic rings. The van der Waals surface area contributed by atoms with Gasteiger partial charge in [-0.2, -0.15) is 0 Å². The van der Waals surface area contributed by atoms with Crippen molar-refractivity contribution in [3.63, 3.8) is 0 Å². The van der Waals surface area contributed by atoms with E-state index in [4.69, 9.17) is 9.15 Å². The van der Waals surface area contributed by atoms with Crippen LogP contribution in [0.5, 0.6) is 5.75 Å². The van der Waals surface area contributed by atoms with E-state index in [-0.39, 0.29) is 23.3 Å². The number of ether oxygens (including phenoxy) is 1. The van der Waals surface area contributed by atoms with E-state index >= 15 is 0 Å². The van der Waals surface area contributed by atoms with Crippen LogP contribution in [0.3, 0.4) is 0 Å². The Labute approximate surface area is 164 Å². The fourth-order valence-electron chi connectivity index (χ4n) is 4.42. The molecule has 5 nitrogen and oxygen atoms in total. The summed E-state index contributed by atoms with van der Waals surface area (Å²) in [6.07, 6.45) is 6.62. The van der Waals surface area contributed by atoms with Crippen molar-refractivity contribution in [2.75, 3.05) is 6.54 Å². The normalized spacial score (nSPS) is 17.3. The van der Waals surface area contributed by atoms with Crippen molar-refractivity contribution < 1.29 is 14.1 Å². The quantitative estimate of drug-likeness (QED) is 0.371. The minimum atomic E-state index is -0.468. The first kappa shape index (κ1) is 18.5. The summed E-state index contributed by atoms with van der Waals surface area (Å²) in [5, 5.41) is 13.7. The molecule has 0 aliphatic heterocycles. The number of hydrogen-bond acceptors (Lipinski definition) is 4. The molecular weight excluding hydrogens is 354 g/mol. The Bertz CT molecular complexity index is 915. The van der Waals surface area contributed by atoms with Gasteiger partial charge in [0.15, 0.2) is 6.10 Å². The number of fused-ring (bicyclic) bond motifs is 1. The summed E-state index contributed by atoms with van der Waals surface area (Å²) < 4.78 is 12.0. The minimum Gasteiger partial charge on any atom is -0.482 e. The Hall–Kier alpha value is -2.82. The Balaban J connectivity index is 1.67. The Morgan fingerprint density at radius 2 is 1.82 bits per heavy atom. The van der Waals surface area contributed by atoms with E-state index in [1.807, 2.05) is 48.5 Å². The zero-order valence-corrected chi connectivity index (χ0v) is 15.8. The van der Waals surface area contributed by atoms with E-state index in [1.165, 1.54) is 6.42 Å². The second kappa shape index (κ2) is 8.46. The van der Waals surface area contributed by atoms with Crippen LogP contribution in [-0.2, 0) is 0 Å². The predicted octanol–water partition coefficient (Wildman–Crippen LogP) is 6.03. The van der Waals surface area contributed by atoms with Crippen LogP contribution in [0, 0.1) is 22.0 Å². The van der Waals surface area contributed by atoms with E-state index in [2.05, 4.69) is 6.07 Å². The van der Waals surface area contributed by atoms with E-state index in [9.17, 15) is 10.1 Å². The zero-order chi connectivity index (χ0) is 19.3. The maximum Gasteiger partial charge on any atom is 0.210 e. The van der Waals surface area contributed by atoms with Crippen LogP contribution >= 0.6 is 0 Å². The molecule has 146 valence electrons. The van der Waals surface area contributed by atoms with Gasteiger partial charge in [-0.15, -0.1) is 0 Å². The smallest absolute Gasteiger partial charge is 0.210 e. The summed E-state index contributed by atoms with van der Waals surface area (Å²) in [4.78, 5) is 11.3. The van der Waals surface area contributed by atoms with Gasteiger partial charge in [0, 0.05) is 4.92 Å². The van der Waals surface area contributed by atoms with Gasteiger partial charge >= 0.3 is 0 Å². The molecule has 1 saturated carbocycles. The molecule has 0 saturated heterocycles. The van der Waals surface area contributed by atoms with Crippen molar-refractivity contribution >= 4 is 10.8 Å². The van der Waals surface area contributed by atoms with Gasteiger partial charge < -0.3 is 9.15 Å². The monoisotopic (exact) mass is 379 g/mol. The number of rotatable bonds is 7. The van der Waals surface area contributed by atoms with Crippen LogP contribution < -0.4 is 4.74 Å².